The predicted octanol–water partition coefficient (Wildman–Crippen LogP) is 4.30. The Morgan fingerprint density at radius 3 is 2.12 bits per heavy atom. The Morgan fingerprint density at radius 2 is 1.69 bits per heavy atom. The average molecular weight is 307 g/mol. The monoisotopic (exact) mass is 306 g/mol. The Hall–Kier alpha value is -0.720. The van der Waals surface area contributed by atoms with Gasteiger partial charge >= 0.3 is 12.3 Å². The van der Waals surface area contributed by atoms with Gasteiger partial charge in [-0.05, 0) is 6.07 Å². The Bertz CT molecular complexity index is 378. The van der Waals surface area contributed by atoms with E-state index in [1.165, 1.54) is 0 Å². The lowest BCUT2D eigenvalue weighted by Gasteiger charge is -2.21. The molecular weight excluding hydrogens is 302 g/mol. The van der Waals surface area contributed by atoms with Crippen LogP contribution < -0.4 is 0 Å². The van der Waals surface area contributed by atoms with Crippen LogP contribution in [0.25, 0.3) is 0 Å². The Kier molecular flexibility index (Phi) is 3.88. The molecule has 1 rings (SSSR count). The third-order valence-electron chi connectivity index (χ3n) is 1.86. The number of rotatable bonds is 3. The van der Waals surface area contributed by atoms with Crippen LogP contribution in [0.4, 0.5) is 26.3 Å². The van der Waals surface area contributed by atoms with Gasteiger partial charge in [0.05, 0.1) is 0 Å². The second-order valence-electron chi connectivity index (χ2n) is 3.00. The van der Waals surface area contributed by atoms with Crippen LogP contribution in [0.15, 0.2) is 18.2 Å². The first-order chi connectivity index (χ1) is 7.26. The highest BCUT2D eigenvalue weighted by atomic mass is 79.9. The SMILES string of the molecule is Fc1ccc(C(Br)C(F)(F)C(F)F)c(F)c1. The number of benzene rings is 1. The molecule has 1 unspecified atom stereocenters. The third kappa shape index (κ3) is 2.50. The van der Waals surface area contributed by atoms with E-state index in [4.69, 9.17) is 0 Å². The summed E-state index contributed by atoms with van der Waals surface area (Å²) in [6, 6.07) is 1.76. The maximum Gasteiger partial charge on any atom is 0.323 e. The molecule has 1 aromatic carbocycles. The van der Waals surface area contributed by atoms with Crippen molar-refractivity contribution >= 4 is 15.9 Å². The van der Waals surface area contributed by atoms with E-state index >= 15 is 0 Å². The van der Waals surface area contributed by atoms with Crippen LogP contribution in [-0.4, -0.2) is 12.3 Å². The minimum atomic E-state index is -4.43. The average Bonchev–Trinajstić information content (AvgIpc) is 2.16. The van der Waals surface area contributed by atoms with E-state index in [1.54, 1.807) is 0 Å². The molecule has 0 fully saturated rings. The highest BCUT2D eigenvalue weighted by Crippen LogP contribution is 2.43. The summed E-state index contributed by atoms with van der Waals surface area (Å²) in [5.41, 5.74) is -0.716. The molecule has 1 atom stereocenters. The number of alkyl halides is 5. The van der Waals surface area contributed by atoms with Gasteiger partial charge in [-0.1, -0.05) is 22.0 Å². The van der Waals surface area contributed by atoms with Gasteiger partial charge in [-0.3, -0.25) is 0 Å². The molecule has 7 heteroatoms. The van der Waals surface area contributed by atoms with Gasteiger partial charge in [0.25, 0.3) is 0 Å². The molecule has 0 aliphatic carbocycles. The molecule has 0 N–H and O–H groups in total. The Labute approximate surface area is 95.4 Å². The summed E-state index contributed by atoms with van der Waals surface area (Å²) < 4.78 is 75.2. The topological polar surface area (TPSA) is 0 Å². The fourth-order valence-corrected chi connectivity index (χ4v) is 1.60. The van der Waals surface area contributed by atoms with Gasteiger partial charge in [0.15, 0.2) is 0 Å². The van der Waals surface area contributed by atoms with Crippen molar-refractivity contribution in [3.05, 3.63) is 35.4 Å². The van der Waals surface area contributed by atoms with Crippen LogP contribution in [0.5, 0.6) is 0 Å². The van der Waals surface area contributed by atoms with Gasteiger partial charge in [0.1, 0.15) is 16.5 Å². The van der Waals surface area contributed by atoms with Crippen molar-refractivity contribution in [3.8, 4) is 0 Å². The fraction of sp³-hybridized carbons (Fsp3) is 0.333. The van der Waals surface area contributed by atoms with Gasteiger partial charge in [0, 0.05) is 11.6 Å². The van der Waals surface area contributed by atoms with Crippen LogP contribution in [-0.2, 0) is 0 Å². The second-order valence-corrected chi connectivity index (χ2v) is 3.92. The van der Waals surface area contributed by atoms with E-state index in [0.29, 0.717) is 18.2 Å². The van der Waals surface area contributed by atoms with Gasteiger partial charge < -0.3 is 0 Å². The number of hydrogen-bond donors (Lipinski definition) is 0. The molecule has 0 nitrogen and oxygen atoms in total. The van der Waals surface area contributed by atoms with Gasteiger partial charge in [-0.25, -0.2) is 17.6 Å². The molecular formula is C9H5BrF6. The van der Waals surface area contributed by atoms with Crippen molar-refractivity contribution in [2.75, 3.05) is 0 Å². The molecule has 0 heterocycles. The second kappa shape index (κ2) is 4.65. The normalized spacial score (nSPS) is 14.2. The molecule has 90 valence electrons. The van der Waals surface area contributed by atoms with Gasteiger partial charge in [-0.2, -0.15) is 8.78 Å². The molecule has 0 saturated heterocycles. The summed E-state index contributed by atoms with van der Waals surface area (Å²) in [5, 5.41) is 0. The molecule has 0 spiro atoms. The summed E-state index contributed by atoms with van der Waals surface area (Å²) >= 11 is 2.29. The standard InChI is InChI=1S/C9H5BrF6/c10-7(9(15,16)8(13)14)5-2-1-4(11)3-6(5)12/h1-3,7-8H. The van der Waals surface area contributed by atoms with Crippen molar-refractivity contribution < 1.29 is 26.3 Å². The van der Waals surface area contributed by atoms with Crippen LogP contribution in [0, 0.1) is 11.6 Å². The van der Waals surface area contributed by atoms with Crippen LogP contribution in [0.3, 0.4) is 0 Å². The first kappa shape index (κ1) is 13.3. The molecule has 0 aromatic heterocycles. The molecule has 0 saturated carbocycles. The Balaban J connectivity index is 3.10. The summed E-state index contributed by atoms with van der Waals surface area (Å²) in [6.45, 7) is 0. The fourth-order valence-electron chi connectivity index (χ4n) is 1.02. The largest absolute Gasteiger partial charge is 0.323 e. The summed E-state index contributed by atoms with van der Waals surface area (Å²) in [7, 11) is 0. The maximum atomic E-state index is 13.0. The van der Waals surface area contributed by atoms with Gasteiger partial charge in [0.2, 0.25) is 0 Å². The number of hydrogen-bond acceptors (Lipinski definition) is 0. The molecule has 0 aliphatic rings. The molecule has 0 radical (unpaired) electrons. The zero-order valence-electron chi connectivity index (χ0n) is 7.53. The van der Waals surface area contributed by atoms with E-state index in [0.717, 1.165) is 0 Å². The van der Waals surface area contributed by atoms with Crippen molar-refractivity contribution in [2.45, 2.75) is 17.2 Å². The first-order valence-corrected chi connectivity index (χ1v) is 4.93. The molecule has 0 aliphatic heterocycles. The van der Waals surface area contributed by atoms with E-state index in [1.807, 2.05) is 0 Å². The molecule has 1 aromatic rings. The van der Waals surface area contributed by atoms with Crippen molar-refractivity contribution in [3.63, 3.8) is 0 Å². The molecule has 0 bridgehead atoms. The summed E-state index contributed by atoms with van der Waals surface area (Å²) in [4.78, 5) is -2.21. The summed E-state index contributed by atoms with van der Waals surface area (Å²) in [6.07, 6.45) is -3.94. The number of halogens is 7. The zero-order valence-corrected chi connectivity index (χ0v) is 9.12. The van der Waals surface area contributed by atoms with E-state index in [9.17, 15) is 26.3 Å². The summed E-state index contributed by atoms with van der Waals surface area (Å²) in [5.74, 6) is -6.71. The van der Waals surface area contributed by atoms with Crippen LogP contribution >= 0.6 is 15.9 Å². The van der Waals surface area contributed by atoms with Crippen LogP contribution in [0.2, 0.25) is 0 Å². The maximum absolute atomic E-state index is 13.0. The highest BCUT2D eigenvalue weighted by Gasteiger charge is 2.49. The first-order valence-electron chi connectivity index (χ1n) is 4.01. The molecule has 16 heavy (non-hydrogen) atoms. The Morgan fingerprint density at radius 1 is 1.12 bits per heavy atom. The lowest BCUT2D eigenvalue weighted by Crippen LogP contribution is -2.31. The van der Waals surface area contributed by atoms with Crippen molar-refractivity contribution in [1.29, 1.82) is 0 Å². The van der Waals surface area contributed by atoms with E-state index in [-0.39, 0.29) is 0 Å². The van der Waals surface area contributed by atoms with E-state index < -0.39 is 34.4 Å². The smallest absolute Gasteiger partial charge is 0.207 e. The van der Waals surface area contributed by atoms with E-state index in [2.05, 4.69) is 15.9 Å². The predicted molar refractivity (Wildman–Crippen MR) is 49.0 cm³/mol. The minimum absolute atomic E-state index is 0.352. The van der Waals surface area contributed by atoms with Crippen molar-refractivity contribution in [2.24, 2.45) is 0 Å². The van der Waals surface area contributed by atoms with Gasteiger partial charge in [-0.15, -0.1) is 0 Å². The third-order valence-corrected chi connectivity index (χ3v) is 2.97. The lowest BCUT2D eigenvalue weighted by molar-refractivity contribution is -0.128. The van der Waals surface area contributed by atoms with Crippen LogP contribution in [0.1, 0.15) is 10.4 Å². The quantitative estimate of drug-likeness (QED) is 0.577. The lowest BCUT2D eigenvalue weighted by atomic mass is 10.1. The zero-order chi connectivity index (χ0) is 12.5. The molecule has 0 amide bonds. The minimum Gasteiger partial charge on any atom is -0.207 e. The highest BCUT2D eigenvalue weighted by molar-refractivity contribution is 9.09. The van der Waals surface area contributed by atoms with Crippen molar-refractivity contribution in [1.82, 2.24) is 0 Å².